The zero-order chi connectivity index (χ0) is 12.6. The highest BCUT2D eigenvalue weighted by Gasteiger charge is 2.38. The third-order valence-electron chi connectivity index (χ3n) is 3.41. The fourth-order valence-corrected chi connectivity index (χ4v) is 2.48. The summed E-state index contributed by atoms with van der Waals surface area (Å²) in [5, 5.41) is 9.19. The van der Waals surface area contributed by atoms with Gasteiger partial charge < -0.3 is 9.84 Å². The SMILES string of the molecule is CC(C(=O)O)C1CC(C)(C)Oc2ccccc21. The molecule has 0 spiro atoms. The van der Waals surface area contributed by atoms with Crippen LogP contribution in [0.2, 0.25) is 0 Å². The van der Waals surface area contributed by atoms with E-state index in [1.54, 1.807) is 6.92 Å². The van der Waals surface area contributed by atoms with Gasteiger partial charge >= 0.3 is 5.97 Å². The van der Waals surface area contributed by atoms with E-state index in [-0.39, 0.29) is 17.4 Å². The molecule has 0 radical (unpaired) electrons. The number of carboxylic acid groups (broad SMARTS) is 1. The molecular formula is C14H18O3. The lowest BCUT2D eigenvalue weighted by Crippen LogP contribution is -2.37. The van der Waals surface area contributed by atoms with Crippen LogP contribution in [0.5, 0.6) is 5.75 Å². The van der Waals surface area contributed by atoms with Crippen molar-refractivity contribution in [2.45, 2.75) is 38.7 Å². The number of para-hydroxylation sites is 1. The van der Waals surface area contributed by atoms with Gasteiger partial charge in [-0.15, -0.1) is 0 Å². The normalized spacial score (nSPS) is 23.4. The first-order chi connectivity index (χ1) is 7.91. The van der Waals surface area contributed by atoms with E-state index in [1.165, 1.54) is 0 Å². The fraction of sp³-hybridized carbons (Fsp3) is 0.500. The largest absolute Gasteiger partial charge is 0.488 e. The Balaban J connectivity index is 2.43. The Morgan fingerprint density at radius 1 is 1.47 bits per heavy atom. The zero-order valence-electron chi connectivity index (χ0n) is 10.4. The van der Waals surface area contributed by atoms with Crippen molar-refractivity contribution < 1.29 is 14.6 Å². The Morgan fingerprint density at radius 3 is 2.76 bits per heavy atom. The highest BCUT2D eigenvalue weighted by atomic mass is 16.5. The fourth-order valence-electron chi connectivity index (χ4n) is 2.48. The molecule has 1 aliphatic heterocycles. The lowest BCUT2D eigenvalue weighted by atomic mass is 9.77. The van der Waals surface area contributed by atoms with E-state index in [0.29, 0.717) is 0 Å². The van der Waals surface area contributed by atoms with Crippen molar-refractivity contribution in [1.29, 1.82) is 0 Å². The first kappa shape index (κ1) is 12.0. The van der Waals surface area contributed by atoms with E-state index < -0.39 is 5.97 Å². The molecule has 2 unspecified atom stereocenters. The van der Waals surface area contributed by atoms with Gasteiger partial charge in [-0.2, -0.15) is 0 Å². The lowest BCUT2D eigenvalue weighted by Gasteiger charge is -2.39. The summed E-state index contributed by atoms with van der Waals surface area (Å²) >= 11 is 0. The highest BCUT2D eigenvalue weighted by Crippen LogP contribution is 2.44. The minimum Gasteiger partial charge on any atom is -0.488 e. The Morgan fingerprint density at radius 2 is 2.12 bits per heavy atom. The molecule has 0 amide bonds. The zero-order valence-corrected chi connectivity index (χ0v) is 10.4. The molecule has 1 aromatic carbocycles. The van der Waals surface area contributed by atoms with Gasteiger partial charge in [0.15, 0.2) is 0 Å². The summed E-state index contributed by atoms with van der Waals surface area (Å²) in [5.41, 5.74) is 0.713. The van der Waals surface area contributed by atoms with Crippen molar-refractivity contribution in [1.82, 2.24) is 0 Å². The van der Waals surface area contributed by atoms with Crippen LogP contribution in [0.1, 0.15) is 38.7 Å². The van der Waals surface area contributed by atoms with E-state index in [4.69, 9.17) is 4.74 Å². The number of fused-ring (bicyclic) bond motifs is 1. The molecule has 0 fully saturated rings. The lowest BCUT2D eigenvalue weighted by molar-refractivity contribution is -0.142. The van der Waals surface area contributed by atoms with Crippen LogP contribution in [0.3, 0.4) is 0 Å². The van der Waals surface area contributed by atoms with Crippen LogP contribution in [0.15, 0.2) is 24.3 Å². The summed E-state index contributed by atoms with van der Waals surface area (Å²) in [6.45, 7) is 5.78. The molecule has 3 nitrogen and oxygen atoms in total. The number of aliphatic carboxylic acids is 1. The number of rotatable bonds is 2. The average Bonchev–Trinajstić information content (AvgIpc) is 2.25. The number of carbonyl (C=O) groups is 1. The summed E-state index contributed by atoms with van der Waals surface area (Å²) in [6.07, 6.45) is 0.734. The predicted molar refractivity (Wildman–Crippen MR) is 65.3 cm³/mol. The highest BCUT2D eigenvalue weighted by molar-refractivity contribution is 5.71. The van der Waals surface area contributed by atoms with Crippen molar-refractivity contribution in [3.05, 3.63) is 29.8 Å². The Bertz CT molecular complexity index is 437. The number of benzene rings is 1. The van der Waals surface area contributed by atoms with Crippen LogP contribution in [0.4, 0.5) is 0 Å². The number of hydrogen-bond acceptors (Lipinski definition) is 2. The first-order valence-electron chi connectivity index (χ1n) is 5.91. The summed E-state index contributed by atoms with van der Waals surface area (Å²) in [4.78, 5) is 11.2. The minimum absolute atomic E-state index is 0.0208. The van der Waals surface area contributed by atoms with E-state index in [1.807, 2.05) is 38.1 Å². The summed E-state index contributed by atoms with van der Waals surface area (Å²) < 4.78 is 5.89. The maximum absolute atomic E-state index is 11.2. The molecule has 0 aromatic heterocycles. The topological polar surface area (TPSA) is 46.5 Å². The Labute approximate surface area is 101 Å². The van der Waals surface area contributed by atoms with Crippen molar-refractivity contribution in [2.24, 2.45) is 5.92 Å². The van der Waals surface area contributed by atoms with Gasteiger partial charge in [-0.3, -0.25) is 4.79 Å². The molecule has 0 saturated heterocycles. The van der Waals surface area contributed by atoms with Crippen molar-refractivity contribution >= 4 is 5.97 Å². The second-order valence-electron chi connectivity index (χ2n) is 5.34. The third-order valence-corrected chi connectivity index (χ3v) is 3.41. The second kappa shape index (κ2) is 4.06. The first-order valence-corrected chi connectivity index (χ1v) is 5.91. The van der Waals surface area contributed by atoms with Crippen LogP contribution >= 0.6 is 0 Å². The summed E-state index contributed by atoms with van der Waals surface area (Å²) in [7, 11) is 0. The van der Waals surface area contributed by atoms with Crippen LogP contribution in [0, 0.1) is 5.92 Å². The van der Waals surface area contributed by atoms with E-state index in [2.05, 4.69) is 0 Å². The standard InChI is InChI=1S/C14H18O3/c1-9(13(15)16)11-8-14(2,3)17-12-7-5-4-6-10(11)12/h4-7,9,11H,8H2,1-3H3,(H,15,16). The second-order valence-corrected chi connectivity index (χ2v) is 5.34. The number of carboxylic acids is 1. The van der Waals surface area contributed by atoms with Gasteiger partial charge in [0.1, 0.15) is 11.4 Å². The van der Waals surface area contributed by atoms with Gasteiger partial charge in [-0.1, -0.05) is 25.1 Å². The minimum atomic E-state index is -0.748. The molecule has 0 bridgehead atoms. The Hall–Kier alpha value is -1.51. The monoisotopic (exact) mass is 234 g/mol. The molecule has 1 aliphatic rings. The molecule has 2 atom stereocenters. The van der Waals surface area contributed by atoms with Gasteiger partial charge in [0.25, 0.3) is 0 Å². The van der Waals surface area contributed by atoms with Crippen molar-refractivity contribution in [2.75, 3.05) is 0 Å². The van der Waals surface area contributed by atoms with E-state index >= 15 is 0 Å². The van der Waals surface area contributed by atoms with Crippen molar-refractivity contribution in [3.63, 3.8) is 0 Å². The maximum atomic E-state index is 11.2. The van der Waals surface area contributed by atoms with Crippen LogP contribution < -0.4 is 4.74 Å². The Kier molecular flexibility index (Phi) is 2.86. The third kappa shape index (κ3) is 2.28. The molecule has 0 aliphatic carbocycles. The number of ether oxygens (including phenoxy) is 1. The van der Waals surface area contributed by atoms with Crippen molar-refractivity contribution in [3.8, 4) is 5.75 Å². The molecule has 3 heteroatoms. The predicted octanol–water partition coefficient (Wildman–Crippen LogP) is 3.05. The van der Waals surface area contributed by atoms with Gasteiger partial charge in [0.05, 0.1) is 5.92 Å². The molecule has 17 heavy (non-hydrogen) atoms. The molecule has 2 rings (SSSR count). The van der Waals surface area contributed by atoms with Crippen LogP contribution in [-0.2, 0) is 4.79 Å². The van der Waals surface area contributed by atoms with Crippen LogP contribution in [0.25, 0.3) is 0 Å². The van der Waals surface area contributed by atoms with Crippen LogP contribution in [-0.4, -0.2) is 16.7 Å². The molecule has 1 N–H and O–H groups in total. The van der Waals surface area contributed by atoms with E-state index in [0.717, 1.165) is 17.7 Å². The maximum Gasteiger partial charge on any atom is 0.306 e. The molecule has 92 valence electrons. The molecule has 1 heterocycles. The molecular weight excluding hydrogens is 216 g/mol. The molecule has 1 aromatic rings. The van der Waals surface area contributed by atoms with Gasteiger partial charge in [-0.25, -0.2) is 0 Å². The summed E-state index contributed by atoms with van der Waals surface area (Å²) in [5.74, 6) is -0.295. The molecule has 0 saturated carbocycles. The van der Waals surface area contributed by atoms with E-state index in [9.17, 15) is 9.90 Å². The number of hydrogen-bond donors (Lipinski definition) is 1. The summed E-state index contributed by atoms with van der Waals surface area (Å²) in [6, 6.07) is 7.73. The van der Waals surface area contributed by atoms with Gasteiger partial charge in [0, 0.05) is 5.92 Å². The average molecular weight is 234 g/mol. The quantitative estimate of drug-likeness (QED) is 0.855. The van der Waals surface area contributed by atoms with Gasteiger partial charge in [-0.05, 0) is 31.9 Å². The smallest absolute Gasteiger partial charge is 0.306 e. The van der Waals surface area contributed by atoms with Gasteiger partial charge in [0.2, 0.25) is 0 Å².